The third-order valence-electron chi connectivity index (χ3n) is 4.31. The van der Waals surface area contributed by atoms with Gasteiger partial charge in [0.2, 0.25) is 17.7 Å². The number of likely N-dealkylation sites (tertiary alicyclic amines) is 1. The summed E-state index contributed by atoms with van der Waals surface area (Å²) in [7, 11) is 0. The number of halogens is 3. The third-order valence-corrected chi connectivity index (χ3v) is 4.31. The molecular weight excluding hydrogens is 365 g/mol. The number of aromatic nitrogens is 2. The number of amides is 2. The lowest BCUT2D eigenvalue weighted by molar-refractivity contribution is -0.186. The number of hydrogen-bond donors (Lipinski definition) is 1. The lowest BCUT2D eigenvalue weighted by atomic mass is 10.1. The first-order valence-corrected chi connectivity index (χ1v) is 8.31. The molecule has 1 aliphatic heterocycles. The number of benzene rings is 1. The van der Waals surface area contributed by atoms with E-state index in [0.29, 0.717) is 11.3 Å². The molecule has 1 N–H and O–H groups in total. The Labute approximate surface area is 152 Å². The topological polar surface area (TPSA) is 88.3 Å². The fourth-order valence-electron chi connectivity index (χ4n) is 2.97. The summed E-state index contributed by atoms with van der Waals surface area (Å²) < 4.78 is 43.4. The Morgan fingerprint density at radius 3 is 2.74 bits per heavy atom. The minimum Gasteiger partial charge on any atom is -0.419 e. The summed E-state index contributed by atoms with van der Waals surface area (Å²) in [5.41, 5.74) is 1.68. The van der Waals surface area contributed by atoms with Gasteiger partial charge < -0.3 is 14.6 Å². The predicted octanol–water partition coefficient (Wildman–Crippen LogP) is 2.21. The molecule has 1 atom stereocenters. The largest absolute Gasteiger partial charge is 0.471 e. The molecular formula is C17H17F3N4O3. The van der Waals surface area contributed by atoms with Crippen molar-refractivity contribution in [1.29, 1.82) is 0 Å². The number of nitrogens with one attached hydrogen (secondary N) is 1. The molecule has 2 heterocycles. The van der Waals surface area contributed by atoms with Crippen molar-refractivity contribution in [3.63, 3.8) is 0 Å². The smallest absolute Gasteiger partial charge is 0.419 e. The van der Waals surface area contributed by atoms with Crippen LogP contribution in [-0.4, -0.2) is 45.7 Å². The molecule has 1 fully saturated rings. The summed E-state index contributed by atoms with van der Waals surface area (Å²) >= 11 is 0. The van der Waals surface area contributed by atoms with Crippen molar-refractivity contribution >= 4 is 11.8 Å². The van der Waals surface area contributed by atoms with Crippen LogP contribution in [0.2, 0.25) is 0 Å². The summed E-state index contributed by atoms with van der Waals surface area (Å²) in [5.74, 6) is -2.28. The normalized spacial score (nSPS) is 17.2. The van der Waals surface area contributed by atoms with Gasteiger partial charge in [0.1, 0.15) is 6.04 Å². The highest BCUT2D eigenvalue weighted by molar-refractivity contribution is 5.90. The van der Waals surface area contributed by atoms with Crippen molar-refractivity contribution in [2.45, 2.75) is 38.5 Å². The number of carbonyl (C=O) groups excluding carboxylic acids is 2. The van der Waals surface area contributed by atoms with Gasteiger partial charge in [-0.25, -0.2) is 0 Å². The van der Waals surface area contributed by atoms with Crippen molar-refractivity contribution in [3.8, 4) is 11.5 Å². The molecule has 144 valence electrons. The minimum absolute atomic E-state index is 0.103. The van der Waals surface area contributed by atoms with Crippen LogP contribution in [0.5, 0.6) is 0 Å². The summed E-state index contributed by atoms with van der Waals surface area (Å²) in [5, 5.41) is 10.2. The molecule has 3 rings (SSSR count). The van der Waals surface area contributed by atoms with Gasteiger partial charge in [0.15, 0.2) is 0 Å². The molecule has 1 unspecified atom stereocenters. The van der Waals surface area contributed by atoms with E-state index < -0.39 is 24.0 Å². The Kier molecular flexibility index (Phi) is 5.15. The van der Waals surface area contributed by atoms with E-state index in [1.807, 2.05) is 31.2 Å². The zero-order valence-corrected chi connectivity index (χ0v) is 14.4. The van der Waals surface area contributed by atoms with Gasteiger partial charge in [0.25, 0.3) is 0 Å². The molecule has 2 aromatic rings. The van der Waals surface area contributed by atoms with Gasteiger partial charge in [-0.2, -0.15) is 13.2 Å². The van der Waals surface area contributed by atoms with E-state index in [1.165, 1.54) is 0 Å². The van der Waals surface area contributed by atoms with E-state index in [9.17, 15) is 22.8 Å². The van der Waals surface area contributed by atoms with Crippen molar-refractivity contribution in [2.75, 3.05) is 6.54 Å². The molecule has 1 aliphatic rings. The van der Waals surface area contributed by atoms with Crippen LogP contribution in [0.1, 0.15) is 24.3 Å². The molecule has 0 bridgehead atoms. The summed E-state index contributed by atoms with van der Waals surface area (Å²) in [6.45, 7) is 1.64. The number of hydrogen-bond acceptors (Lipinski definition) is 5. The SMILES string of the molecule is Cc1ccccc1-c1nnc(CNC(=O)C2CCCN2C(=O)C(F)(F)F)o1. The van der Waals surface area contributed by atoms with Crippen LogP contribution in [0.15, 0.2) is 28.7 Å². The summed E-state index contributed by atoms with van der Waals surface area (Å²) in [6.07, 6.45) is -4.50. The van der Waals surface area contributed by atoms with E-state index in [4.69, 9.17) is 4.42 Å². The molecule has 1 aromatic carbocycles. The number of alkyl halides is 3. The minimum atomic E-state index is -5.00. The second kappa shape index (κ2) is 7.37. The Balaban J connectivity index is 1.63. The predicted molar refractivity (Wildman–Crippen MR) is 87.1 cm³/mol. The van der Waals surface area contributed by atoms with Gasteiger partial charge in [0.05, 0.1) is 6.54 Å². The van der Waals surface area contributed by atoms with Crippen molar-refractivity contribution in [2.24, 2.45) is 0 Å². The maximum atomic E-state index is 12.6. The van der Waals surface area contributed by atoms with Crippen molar-refractivity contribution < 1.29 is 27.2 Å². The van der Waals surface area contributed by atoms with Crippen LogP contribution < -0.4 is 5.32 Å². The summed E-state index contributed by atoms with van der Waals surface area (Å²) in [4.78, 5) is 24.2. The number of aryl methyl sites for hydroxylation is 1. The first-order valence-electron chi connectivity index (χ1n) is 8.31. The average Bonchev–Trinajstić information content (AvgIpc) is 3.28. The Morgan fingerprint density at radius 1 is 1.30 bits per heavy atom. The fraction of sp³-hybridized carbons (Fsp3) is 0.412. The van der Waals surface area contributed by atoms with E-state index in [-0.39, 0.29) is 31.3 Å². The highest BCUT2D eigenvalue weighted by atomic mass is 19.4. The quantitative estimate of drug-likeness (QED) is 0.876. The molecule has 10 heteroatoms. The number of nitrogens with zero attached hydrogens (tertiary/aromatic N) is 3. The van der Waals surface area contributed by atoms with Gasteiger partial charge in [-0.1, -0.05) is 18.2 Å². The first-order chi connectivity index (χ1) is 12.8. The van der Waals surface area contributed by atoms with Gasteiger partial charge >= 0.3 is 12.1 Å². The van der Waals surface area contributed by atoms with Crippen LogP contribution >= 0.6 is 0 Å². The van der Waals surface area contributed by atoms with Crippen LogP contribution in [0, 0.1) is 6.92 Å². The zero-order chi connectivity index (χ0) is 19.6. The molecule has 0 saturated carbocycles. The van der Waals surface area contributed by atoms with E-state index in [2.05, 4.69) is 15.5 Å². The van der Waals surface area contributed by atoms with Gasteiger partial charge in [-0.05, 0) is 31.4 Å². The highest BCUT2D eigenvalue weighted by Gasteiger charge is 2.47. The van der Waals surface area contributed by atoms with Gasteiger partial charge in [-0.3, -0.25) is 9.59 Å². The molecule has 27 heavy (non-hydrogen) atoms. The maximum absolute atomic E-state index is 12.6. The second-order valence-electron chi connectivity index (χ2n) is 6.19. The van der Waals surface area contributed by atoms with Crippen molar-refractivity contribution in [1.82, 2.24) is 20.4 Å². The zero-order valence-electron chi connectivity index (χ0n) is 14.4. The molecule has 1 saturated heterocycles. The van der Waals surface area contributed by atoms with E-state index in [0.717, 1.165) is 11.1 Å². The maximum Gasteiger partial charge on any atom is 0.471 e. The van der Waals surface area contributed by atoms with Crippen LogP contribution in [-0.2, 0) is 16.1 Å². The molecule has 7 nitrogen and oxygen atoms in total. The number of rotatable bonds is 4. The fourth-order valence-corrected chi connectivity index (χ4v) is 2.97. The molecule has 1 aromatic heterocycles. The number of carbonyl (C=O) groups is 2. The van der Waals surface area contributed by atoms with Crippen LogP contribution in [0.25, 0.3) is 11.5 Å². The Morgan fingerprint density at radius 2 is 2.04 bits per heavy atom. The van der Waals surface area contributed by atoms with E-state index in [1.54, 1.807) is 0 Å². The lowest BCUT2D eigenvalue weighted by Crippen LogP contribution is -2.50. The monoisotopic (exact) mass is 382 g/mol. The second-order valence-corrected chi connectivity index (χ2v) is 6.19. The highest BCUT2D eigenvalue weighted by Crippen LogP contribution is 2.26. The lowest BCUT2D eigenvalue weighted by Gasteiger charge is -2.24. The van der Waals surface area contributed by atoms with Gasteiger partial charge in [0, 0.05) is 12.1 Å². The van der Waals surface area contributed by atoms with Crippen molar-refractivity contribution in [3.05, 3.63) is 35.7 Å². The molecule has 0 aliphatic carbocycles. The van der Waals surface area contributed by atoms with Crippen LogP contribution in [0.3, 0.4) is 0 Å². The Hall–Kier alpha value is -2.91. The molecule has 0 spiro atoms. The van der Waals surface area contributed by atoms with Gasteiger partial charge in [-0.15, -0.1) is 10.2 Å². The third kappa shape index (κ3) is 4.09. The first kappa shape index (κ1) is 18.9. The Bertz CT molecular complexity index is 850. The molecule has 2 amide bonds. The summed E-state index contributed by atoms with van der Waals surface area (Å²) in [6, 6.07) is 6.22. The average molecular weight is 382 g/mol. The van der Waals surface area contributed by atoms with E-state index >= 15 is 0 Å². The standard InChI is InChI=1S/C17H17F3N4O3/c1-10-5-2-3-6-11(10)15-23-22-13(27-15)9-21-14(25)12-7-4-8-24(12)16(26)17(18,19)20/h2-3,5-6,12H,4,7-9H2,1H3,(H,21,25). The van der Waals surface area contributed by atoms with Crippen LogP contribution in [0.4, 0.5) is 13.2 Å². The molecule has 0 radical (unpaired) electrons.